The topological polar surface area (TPSA) is 83.7 Å². The minimum atomic E-state index is 0.266. The molecule has 0 aliphatic heterocycles. The number of anilines is 2. The lowest BCUT2D eigenvalue weighted by Crippen LogP contribution is -2.09. The maximum Gasteiger partial charge on any atom is 0.220 e. The Kier molecular flexibility index (Phi) is 2.56. The van der Waals surface area contributed by atoms with E-state index in [1.165, 1.54) is 0 Å². The van der Waals surface area contributed by atoms with Crippen LogP contribution < -0.4 is 10.6 Å². The van der Waals surface area contributed by atoms with E-state index in [4.69, 9.17) is 5.73 Å². The van der Waals surface area contributed by atoms with Gasteiger partial charge in [-0.1, -0.05) is 0 Å². The van der Waals surface area contributed by atoms with Crippen molar-refractivity contribution in [3.8, 4) is 11.3 Å². The van der Waals surface area contributed by atoms with Crippen molar-refractivity contribution in [2.75, 3.05) is 24.7 Å². The van der Waals surface area contributed by atoms with Crippen molar-refractivity contribution in [2.45, 2.75) is 0 Å². The highest BCUT2D eigenvalue weighted by Gasteiger charge is 2.13. The van der Waals surface area contributed by atoms with Crippen molar-refractivity contribution in [3.05, 3.63) is 30.7 Å². The van der Waals surface area contributed by atoms with E-state index in [0.29, 0.717) is 0 Å². The summed E-state index contributed by atoms with van der Waals surface area (Å²) in [6.45, 7) is 0. The summed E-state index contributed by atoms with van der Waals surface area (Å²) in [6, 6.07) is 3.82. The van der Waals surface area contributed by atoms with Crippen molar-refractivity contribution in [3.63, 3.8) is 0 Å². The molecule has 0 saturated heterocycles. The molecular weight excluding hydrogens is 240 g/mol. The fourth-order valence-corrected chi connectivity index (χ4v) is 2.14. The van der Waals surface area contributed by atoms with Crippen LogP contribution in [0.2, 0.25) is 0 Å². The zero-order valence-electron chi connectivity index (χ0n) is 10.8. The van der Waals surface area contributed by atoms with Gasteiger partial charge in [-0.25, -0.2) is 15.0 Å². The average molecular weight is 254 g/mol. The Bertz CT molecular complexity index is 731. The number of fused-ring (bicyclic) bond motifs is 1. The summed E-state index contributed by atoms with van der Waals surface area (Å²) in [6.07, 6.45) is 5.33. The first-order valence-corrected chi connectivity index (χ1v) is 5.89. The van der Waals surface area contributed by atoms with Gasteiger partial charge in [0.05, 0.1) is 11.1 Å². The highest BCUT2D eigenvalue weighted by molar-refractivity contribution is 6.01. The Morgan fingerprint density at radius 2 is 1.95 bits per heavy atom. The minimum absolute atomic E-state index is 0.266. The number of hydrogen-bond donors (Lipinski definition) is 2. The van der Waals surface area contributed by atoms with Crippen LogP contribution in [0.3, 0.4) is 0 Å². The summed E-state index contributed by atoms with van der Waals surface area (Å²) >= 11 is 0. The molecule has 6 heteroatoms. The predicted octanol–water partition coefficient (Wildman–Crippen LogP) is 1.67. The maximum atomic E-state index is 5.65. The second-order valence-corrected chi connectivity index (χ2v) is 4.45. The molecule has 3 N–H and O–H groups in total. The average Bonchev–Trinajstić information content (AvgIpc) is 2.82. The van der Waals surface area contributed by atoms with Gasteiger partial charge in [-0.3, -0.25) is 0 Å². The van der Waals surface area contributed by atoms with Crippen molar-refractivity contribution >= 4 is 22.7 Å². The first-order chi connectivity index (χ1) is 9.16. The van der Waals surface area contributed by atoms with Crippen LogP contribution in [0, 0.1) is 0 Å². The number of aromatic nitrogens is 4. The summed E-state index contributed by atoms with van der Waals surface area (Å²) < 4.78 is 0. The molecule has 0 fully saturated rings. The smallest absolute Gasteiger partial charge is 0.220 e. The first-order valence-electron chi connectivity index (χ1n) is 5.89. The Hall–Kier alpha value is -2.63. The number of rotatable bonds is 2. The molecule has 0 aliphatic rings. The quantitative estimate of drug-likeness (QED) is 0.726. The number of nitrogen functional groups attached to an aromatic ring is 1. The molecular formula is C13H14N6. The van der Waals surface area contributed by atoms with Crippen molar-refractivity contribution in [1.29, 1.82) is 0 Å². The number of hydrogen-bond acceptors (Lipinski definition) is 5. The summed E-state index contributed by atoms with van der Waals surface area (Å²) in [5.74, 6) is 0.266. The van der Waals surface area contributed by atoms with Crippen LogP contribution in [-0.4, -0.2) is 34.0 Å². The molecule has 0 amide bonds. The highest BCUT2D eigenvalue weighted by atomic mass is 15.1. The molecule has 0 unspecified atom stereocenters. The molecule has 0 saturated carbocycles. The van der Waals surface area contributed by atoms with Gasteiger partial charge < -0.3 is 15.6 Å². The van der Waals surface area contributed by atoms with E-state index in [9.17, 15) is 0 Å². The van der Waals surface area contributed by atoms with E-state index in [0.717, 1.165) is 28.0 Å². The lowest BCUT2D eigenvalue weighted by Gasteiger charge is -2.14. The van der Waals surface area contributed by atoms with Gasteiger partial charge in [0.25, 0.3) is 0 Å². The minimum Gasteiger partial charge on any atom is -0.377 e. The van der Waals surface area contributed by atoms with Crippen LogP contribution in [0.1, 0.15) is 0 Å². The van der Waals surface area contributed by atoms with E-state index in [1.54, 1.807) is 12.4 Å². The van der Waals surface area contributed by atoms with Gasteiger partial charge in [0, 0.05) is 43.9 Å². The largest absolute Gasteiger partial charge is 0.377 e. The number of H-pyrrole nitrogens is 1. The van der Waals surface area contributed by atoms with Crippen LogP contribution in [0.4, 0.5) is 11.6 Å². The van der Waals surface area contributed by atoms with E-state index < -0.39 is 0 Å². The molecule has 0 spiro atoms. The highest BCUT2D eigenvalue weighted by Crippen LogP contribution is 2.33. The van der Waals surface area contributed by atoms with Crippen LogP contribution in [0.15, 0.2) is 30.7 Å². The van der Waals surface area contributed by atoms with Crippen molar-refractivity contribution < 1.29 is 0 Å². The van der Waals surface area contributed by atoms with Gasteiger partial charge in [-0.15, -0.1) is 0 Å². The van der Waals surface area contributed by atoms with Crippen LogP contribution in [0.25, 0.3) is 22.3 Å². The van der Waals surface area contributed by atoms with Crippen molar-refractivity contribution in [1.82, 2.24) is 19.9 Å². The fraction of sp³-hybridized carbons (Fsp3) is 0.154. The molecule has 3 aromatic heterocycles. The van der Waals surface area contributed by atoms with Gasteiger partial charge in [0.1, 0.15) is 5.65 Å². The molecule has 0 bridgehead atoms. The molecule has 3 heterocycles. The zero-order chi connectivity index (χ0) is 13.4. The van der Waals surface area contributed by atoms with E-state index >= 15 is 0 Å². The van der Waals surface area contributed by atoms with E-state index in [2.05, 4.69) is 19.9 Å². The molecule has 0 radical (unpaired) electrons. The van der Waals surface area contributed by atoms with Gasteiger partial charge in [0.2, 0.25) is 5.95 Å². The third kappa shape index (κ3) is 1.87. The van der Waals surface area contributed by atoms with Gasteiger partial charge in [-0.2, -0.15) is 0 Å². The Morgan fingerprint density at radius 1 is 1.16 bits per heavy atom. The number of nitrogens with one attached hydrogen (secondary N) is 1. The van der Waals surface area contributed by atoms with Crippen molar-refractivity contribution in [2.24, 2.45) is 0 Å². The molecule has 0 aliphatic carbocycles. The van der Waals surface area contributed by atoms with Crippen LogP contribution in [0.5, 0.6) is 0 Å². The number of nitrogens with two attached hydrogens (primary N) is 1. The zero-order valence-corrected chi connectivity index (χ0v) is 10.8. The Labute approximate surface area is 110 Å². The lowest BCUT2D eigenvalue weighted by molar-refractivity contribution is 1.14. The number of nitrogens with zero attached hydrogens (tertiary/aromatic N) is 4. The normalized spacial score (nSPS) is 10.8. The second-order valence-electron chi connectivity index (χ2n) is 4.45. The summed E-state index contributed by atoms with van der Waals surface area (Å²) in [4.78, 5) is 17.7. The van der Waals surface area contributed by atoms with Crippen LogP contribution >= 0.6 is 0 Å². The summed E-state index contributed by atoms with van der Waals surface area (Å²) in [5.41, 5.74) is 9.32. The van der Waals surface area contributed by atoms with Gasteiger partial charge in [-0.05, 0) is 12.1 Å². The third-order valence-electron chi connectivity index (χ3n) is 2.98. The molecule has 3 rings (SSSR count). The second kappa shape index (κ2) is 4.24. The molecule has 6 nitrogen and oxygen atoms in total. The summed E-state index contributed by atoms with van der Waals surface area (Å²) in [5, 5.41) is 1.03. The van der Waals surface area contributed by atoms with Crippen LogP contribution in [-0.2, 0) is 0 Å². The molecule has 3 aromatic rings. The van der Waals surface area contributed by atoms with E-state index in [-0.39, 0.29) is 5.95 Å². The monoisotopic (exact) mass is 254 g/mol. The Balaban J connectivity index is 2.30. The van der Waals surface area contributed by atoms with Gasteiger partial charge in [0.15, 0.2) is 0 Å². The third-order valence-corrected chi connectivity index (χ3v) is 2.98. The fourth-order valence-electron chi connectivity index (χ4n) is 2.14. The van der Waals surface area contributed by atoms with Gasteiger partial charge >= 0.3 is 0 Å². The predicted molar refractivity (Wildman–Crippen MR) is 75.9 cm³/mol. The number of aromatic amines is 1. The molecule has 19 heavy (non-hydrogen) atoms. The van der Waals surface area contributed by atoms with E-state index in [1.807, 2.05) is 37.3 Å². The number of pyridine rings is 1. The molecule has 96 valence electrons. The first kappa shape index (κ1) is 11.5. The SMILES string of the molecule is CN(C)c1ccnc2[nH]cc(-c3ccnc(N)n3)c12. The lowest BCUT2D eigenvalue weighted by atomic mass is 10.1. The molecule has 0 atom stereocenters. The molecule has 0 aromatic carbocycles. The summed E-state index contributed by atoms with van der Waals surface area (Å²) in [7, 11) is 4.00. The standard InChI is InChI=1S/C13H14N6/c1-19(2)10-4-6-15-12-11(10)8(7-17-12)9-3-5-16-13(14)18-9/h3-7H,1-2H3,(H,15,17)(H2,14,16,18). The Morgan fingerprint density at radius 3 is 2.68 bits per heavy atom. The maximum absolute atomic E-state index is 5.65.